The van der Waals surface area contributed by atoms with E-state index in [9.17, 15) is 19.2 Å². The van der Waals surface area contributed by atoms with Gasteiger partial charge in [0.15, 0.2) is 6.10 Å². The lowest BCUT2D eigenvalue weighted by Gasteiger charge is -2.22. The van der Waals surface area contributed by atoms with Crippen LogP contribution in [0.5, 0.6) is 0 Å². The van der Waals surface area contributed by atoms with Gasteiger partial charge in [0.2, 0.25) is 6.10 Å². The molecule has 0 amide bonds. The molecule has 0 aliphatic carbocycles. The number of allylic oxidation sites excluding steroid dienone is 8. The van der Waals surface area contributed by atoms with Crippen LogP contribution in [0, 0.1) is 0 Å². The Bertz CT molecular complexity index is 1240. The summed E-state index contributed by atoms with van der Waals surface area (Å²) in [5.74, 6) is -1.55. The van der Waals surface area contributed by atoms with E-state index in [0.29, 0.717) is 25.7 Å². The van der Waals surface area contributed by atoms with Crippen LogP contribution >= 0.6 is 0 Å². The summed E-state index contributed by atoms with van der Waals surface area (Å²) in [5.41, 5.74) is 0. The van der Waals surface area contributed by atoms with Crippen molar-refractivity contribution in [2.75, 3.05) is 39.5 Å². The van der Waals surface area contributed by atoms with Crippen LogP contribution in [-0.2, 0) is 38.1 Å². The van der Waals surface area contributed by atoms with Crippen molar-refractivity contribution in [2.45, 2.75) is 265 Å². The number of nitrogens with zero attached hydrogens (tertiary/aromatic N) is 1. The molecule has 0 saturated carbocycles. The van der Waals surface area contributed by atoms with Crippen LogP contribution in [-0.4, -0.2) is 80.6 Å². The highest BCUT2D eigenvalue weighted by Gasteiger charge is 2.29. The smallest absolute Gasteiger partial charge is 0.462 e. The second-order valence-electron chi connectivity index (χ2n) is 18.7. The zero-order valence-corrected chi connectivity index (χ0v) is 45.2. The molecule has 400 valence electrons. The van der Waals surface area contributed by atoms with E-state index in [1.54, 1.807) is 0 Å². The Kier molecular flexibility index (Phi) is 49.8. The lowest BCUT2D eigenvalue weighted by Crippen LogP contribution is -2.37. The van der Waals surface area contributed by atoms with E-state index in [1.807, 2.05) is 0 Å². The molecule has 1 unspecified atom stereocenters. The number of ether oxygens (including phenoxy) is 5. The van der Waals surface area contributed by atoms with Crippen LogP contribution in [0.2, 0.25) is 0 Å². The summed E-state index contributed by atoms with van der Waals surface area (Å²) in [6, 6.07) is 0. The number of unbranched alkanes of at least 4 members (excludes halogenated alkanes) is 23. The molecule has 0 heterocycles. The Morgan fingerprint density at radius 3 is 1.26 bits per heavy atom. The molecule has 10 heteroatoms. The molecule has 0 aliphatic heterocycles. The van der Waals surface area contributed by atoms with E-state index in [1.165, 1.54) is 77.0 Å². The van der Waals surface area contributed by atoms with Crippen LogP contribution in [0.4, 0.5) is 4.79 Å². The third-order valence-corrected chi connectivity index (χ3v) is 12.4. The van der Waals surface area contributed by atoms with Crippen LogP contribution in [0.15, 0.2) is 48.6 Å². The highest BCUT2D eigenvalue weighted by molar-refractivity contribution is 5.77. The molecule has 0 aliphatic rings. The molecule has 0 fully saturated rings. The fraction of sp³-hybridized carbons (Fsp3) is 0.797. The van der Waals surface area contributed by atoms with E-state index in [2.05, 4.69) is 88.1 Å². The second kappa shape index (κ2) is 52.4. The summed E-state index contributed by atoms with van der Waals surface area (Å²) in [7, 11) is 0. The highest BCUT2D eigenvalue weighted by Crippen LogP contribution is 2.16. The molecule has 69 heavy (non-hydrogen) atoms. The molecule has 10 nitrogen and oxygen atoms in total. The van der Waals surface area contributed by atoms with Crippen LogP contribution in [0.3, 0.4) is 0 Å². The minimum absolute atomic E-state index is 0.173. The first kappa shape index (κ1) is 65.6. The maximum Gasteiger partial charge on any atom is 0.509 e. The Morgan fingerprint density at radius 2 is 0.812 bits per heavy atom. The van der Waals surface area contributed by atoms with Gasteiger partial charge < -0.3 is 28.6 Å². The fourth-order valence-corrected chi connectivity index (χ4v) is 7.86. The van der Waals surface area contributed by atoms with Crippen molar-refractivity contribution in [3.63, 3.8) is 0 Å². The fourth-order valence-electron chi connectivity index (χ4n) is 7.86. The number of hydrogen-bond acceptors (Lipinski definition) is 10. The van der Waals surface area contributed by atoms with Gasteiger partial charge in [0.25, 0.3) is 0 Å². The molecule has 0 radical (unpaired) electrons. The molecule has 0 bridgehead atoms. The minimum atomic E-state index is -1.20. The number of esters is 3. The topological polar surface area (TPSA) is 118 Å². The molecule has 0 aromatic carbocycles. The Labute approximate surface area is 423 Å². The summed E-state index contributed by atoms with van der Waals surface area (Å²) in [6.07, 6.45) is 48.8. The summed E-state index contributed by atoms with van der Waals surface area (Å²) < 4.78 is 28.0. The van der Waals surface area contributed by atoms with Crippen molar-refractivity contribution in [3.8, 4) is 0 Å². The Hall–Kier alpha value is -3.40. The van der Waals surface area contributed by atoms with Crippen LogP contribution < -0.4 is 0 Å². The van der Waals surface area contributed by atoms with Gasteiger partial charge in [-0.1, -0.05) is 192 Å². The van der Waals surface area contributed by atoms with E-state index in [4.69, 9.17) is 23.7 Å². The van der Waals surface area contributed by atoms with Crippen molar-refractivity contribution in [2.24, 2.45) is 0 Å². The van der Waals surface area contributed by atoms with Gasteiger partial charge in [-0.25, -0.2) is 9.59 Å². The zero-order chi connectivity index (χ0) is 50.5. The maximum absolute atomic E-state index is 13.7. The first-order valence-electron chi connectivity index (χ1n) is 28.5. The molecule has 0 aromatic heterocycles. The molecule has 0 rings (SSSR count). The van der Waals surface area contributed by atoms with Gasteiger partial charge in [0, 0.05) is 19.4 Å². The van der Waals surface area contributed by atoms with Gasteiger partial charge in [-0.05, 0) is 109 Å². The van der Waals surface area contributed by atoms with Crippen molar-refractivity contribution >= 4 is 24.1 Å². The van der Waals surface area contributed by atoms with E-state index < -0.39 is 36.3 Å². The van der Waals surface area contributed by atoms with Gasteiger partial charge in [-0.3, -0.25) is 9.59 Å². The average Bonchev–Trinajstić information content (AvgIpc) is 3.35. The third-order valence-electron chi connectivity index (χ3n) is 12.4. The maximum atomic E-state index is 13.7. The number of carbonyl (C=O) groups excluding carboxylic acids is 4. The lowest BCUT2D eigenvalue weighted by molar-refractivity contribution is -0.174. The van der Waals surface area contributed by atoms with Crippen molar-refractivity contribution in [1.29, 1.82) is 0 Å². The molecule has 1 atom stereocenters. The summed E-state index contributed by atoms with van der Waals surface area (Å²) in [4.78, 5) is 54.5. The van der Waals surface area contributed by atoms with Crippen molar-refractivity contribution in [1.82, 2.24) is 4.90 Å². The standard InChI is InChI=1S/C59H105NO9/c1-6-11-14-17-20-23-25-27-29-31-33-35-38-41-44-48-56(61)66-52-54(53-67-57(62)49-45-42-39-36-34-32-30-28-26-24-21-18-15-12-7-2)68-58(63)55(47-43-40-37-22-19-16-13-8-3)69-59(64)65-51-46-50-60(9-4)10-5/h20-21,23-24,27-30,54-55H,6-19,22,25-26,31-53H2,1-5H3. The Morgan fingerprint density at radius 1 is 0.420 bits per heavy atom. The zero-order valence-electron chi connectivity index (χ0n) is 45.2. The number of hydrogen-bond donors (Lipinski definition) is 0. The van der Waals surface area contributed by atoms with E-state index in [-0.39, 0.29) is 39.1 Å². The van der Waals surface area contributed by atoms with Gasteiger partial charge in [0.1, 0.15) is 13.2 Å². The number of rotatable bonds is 50. The van der Waals surface area contributed by atoms with Gasteiger partial charge in [-0.2, -0.15) is 0 Å². The molecule has 0 aromatic rings. The van der Waals surface area contributed by atoms with Gasteiger partial charge >= 0.3 is 24.1 Å². The summed E-state index contributed by atoms with van der Waals surface area (Å²) >= 11 is 0. The first-order valence-corrected chi connectivity index (χ1v) is 28.5. The Balaban J connectivity index is 5.21. The molecule has 0 N–H and O–H groups in total. The first-order chi connectivity index (χ1) is 33.8. The molecular weight excluding hydrogens is 867 g/mol. The third kappa shape index (κ3) is 46.7. The van der Waals surface area contributed by atoms with Gasteiger partial charge in [-0.15, -0.1) is 0 Å². The summed E-state index contributed by atoms with van der Waals surface area (Å²) in [6.45, 7) is 13.1. The number of carbonyl (C=O) groups is 4. The molecule has 0 spiro atoms. The van der Waals surface area contributed by atoms with Crippen LogP contribution in [0.25, 0.3) is 0 Å². The summed E-state index contributed by atoms with van der Waals surface area (Å²) in [5, 5.41) is 0. The largest absolute Gasteiger partial charge is 0.509 e. The van der Waals surface area contributed by atoms with E-state index in [0.717, 1.165) is 116 Å². The molecule has 0 saturated heterocycles. The quantitative estimate of drug-likeness (QED) is 0.0252. The second-order valence-corrected chi connectivity index (χ2v) is 18.7. The van der Waals surface area contributed by atoms with Crippen molar-refractivity contribution < 1.29 is 42.9 Å². The predicted molar refractivity (Wildman–Crippen MR) is 286 cm³/mol. The monoisotopic (exact) mass is 972 g/mol. The molecular formula is C59H105NO9. The average molecular weight is 972 g/mol. The normalized spacial score (nSPS) is 12.7. The van der Waals surface area contributed by atoms with Gasteiger partial charge in [0.05, 0.1) is 6.61 Å². The highest BCUT2D eigenvalue weighted by atomic mass is 16.7. The SMILES string of the molecule is CCCCCC=CCC=CCCCCCCCC(=O)OCC(COC(=O)CCCCCCCC=CCC=CCCCCC)OC(=O)C(CCCCCCCCCC)OC(=O)OCCCN(CC)CC. The predicted octanol–water partition coefficient (Wildman–Crippen LogP) is 16.4. The van der Waals surface area contributed by atoms with E-state index >= 15 is 0 Å². The minimum Gasteiger partial charge on any atom is -0.462 e. The van der Waals surface area contributed by atoms with Crippen molar-refractivity contribution in [3.05, 3.63) is 48.6 Å². The lowest BCUT2D eigenvalue weighted by atomic mass is 10.1. The van der Waals surface area contributed by atoms with Crippen LogP contribution in [0.1, 0.15) is 253 Å².